The molecule has 112 valence electrons. The van der Waals surface area contributed by atoms with Crippen molar-refractivity contribution in [3.63, 3.8) is 0 Å². The van der Waals surface area contributed by atoms with Crippen molar-refractivity contribution in [3.8, 4) is 0 Å². The maximum atomic E-state index is 12.5. The molecular formula is C16H26N2O2. The first-order chi connectivity index (χ1) is 9.39. The fraction of sp³-hybridized carbons (Fsp3) is 0.562. The van der Waals surface area contributed by atoms with E-state index >= 15 is 0 Å². The number of amides is 1. The monoisotopic (exact) mass is 278 g/mol. The fourth-order valence-corrected chi connectivity index (χ4v) is 1.97. The Morgan fingerprint density at radius 2 is 2.10 bits per heavy atom. The largest absolute Gasteiger partial charge is 0.378 e. The zero-order valence-corrected chi connectivity index (χ0v) is 13.0. The van der Waals surface area contributed by atoms with E-state index in [9.17, 15) is 4.79 Å². The van der Waals surface area contributed by atoms with Gasteiger partial charge in [-0.25, -0.2) is 0 Å². The first kappa shape index (κ1) is 16.7. The summed E-state index contributed by atoms with van der Waals surface area (Å²) in [7, 11) is 1.63. The molecule has 4 nitrogen and oxygen atoms in total. The first-order valence-corrected chi connectivity index (χ1v) is 7.02. The molecule has 0 heterocycles. The third-order valence-electron chi connectivity index (χ3n) is 3.33. The normalized spacial score (nSPS) is 11.4. The van der Waals surface area contributed by atoms with Gasteiger partial charge in [-0.3, -0.25) is 4.79 Å². The van der Waals surface area contributed by atoms with Gasteiger partial charge in [0.1, 0.15) is 0 Å². The van der Waals surface area contributed by atoms with Crippen molar-refractivity contribution in [2.45, 2.75) is 39.2 Å². The van der Waals surface area contributed by atoms with Gasteiger partial charge in [0, 0.05) is 19.3 Å². The van der Waals surface area contributed by atoms with Crippen LogP contribution in [-0.2, 0) is 9.53 Å². The second-order valence-electron chi connectivity index (χ2n) is 5.67. The highest BCUT2D eigenvalue weighted by molar-refractivity contribution is 5.94. The number of hydrogen-bond donors (Lipinski definition) is 1. The van der Waals surface area contributed by atoms with Crippen LogP contribution in [0.1, 0.15) is 32.3 Å². The lowest BCUT2D eigenvalue weighted by Crippen LogP contribution is -2.38. The van der Waals surface area contributed by atoms with Crippen LogP contribution < -0.4 is 10.6 Å². The lowest BCUT2D eigenvalue weighted by Gasteiger charge is -2.28. The highest BCUT2D eigenvalue weighted by atomic mass is 16.5. The molecule has 0 aliphatic carbocycles. The van der Waals surface area contributed by atoms with Crippen LogP contribution in [0.25, 0.3) is 0 Å². The summed E-state index contributed by atoms with van der Waals surface area (Å²) in [6.45, 7) is 7.07. The number of nitrogens with zero attached hydrogens (tertiary/aromatic N) is 1. The average molecular weight is 278 g/mol. The van der Waals surface area contributed by atoms with Crippen LogP contribution in [0, 0.1) is 6.92 Å². The Morgan fingerprint density at radius 3 is 2.65 bits per heavy atom. The van der Waals surface area contributed by atoms with Gasteiger partial charge in [-0.1, -0.05) is 12.1 Å². The Labute approximate surface area is 121 Å². The van der Waals surface area contributed by atoms with Gasteiger partial charge in [0.2, 0.25) is 5.91 Å². The smallest absolute Gasteiger partial charge is 0.229 e. The Hall–Kier alpha value is -1.39. The maximum Gasteiger partial charge on any atom is 0.229 e. The number of carbonyl (C=O) groups excluding carboxylic acids is 1. The first-order valence-electron chi connectivity index (χ1n) is 7.02. The fourth-order valence-electron chi connectivity index (χ4n) is 1.97. The third-order valence-corrected chi connectivity index (χ3v) is 3.33. The van der Waals surface area contributed by atoms with Crippen LogP contribution in [0.15, 0.2) is 24.3 Å². The summed E-state index contributed by atoms with van der Waals surface area (Å²) in [4.78, 5) is 14.3. The van der Waals surface area contributed by atoms with Crippen molar-refractivity contribution < 1.29 is 9.53 Å². The van der Waals surface area contributed by atoms with E-state index in [0.717, 1.165) is 17.7 Å². The molecule has 1 aromatic rings. The van der Waals surface area contributed by atoms with E-state index in [0.29, 0.717) is 19.5 Å². The molecule has 0 fully saturated rings. The van der Waals surface area contributed by atoms with Gasteiger partial charge < -0.3 is 15.4 Å². The molecule has 0 aliphatic heterocycles. The Bertz CT molecular complexity index is 444. The lowest BCUT2D eigenvalue weighted by atomic mass is 10.0. The highest BCUT2D eigenvalue weighted by Gasteiger charge is 2.25. The summed E-state index contributed by atoms with van der Waals surface area (Å²) in [6, 6.07) is 7.97. The Morgan fingerprint density at radius 1 is 1.40 bits per heavy atom. The molecule has 20 heavy (non-hydrogen) atoms. The summed E-state index contributed by atoms with van der Waals surface area (Å²) >= 11 is 0. The van der Waals surface area contributed by atoms with E-state index in [1.54, 1.807) is 12.0 Å². The van der Waals surface area contributed by atoms with E-state index < -0.39 is 5.60 Å². The molecule has 0 unspecified atom stereocenters. The molecule has 0 radical (unpaired) electrons. The standard InChI is InChI=1S/C16H26N2O2/c1-13-7-5-8-14(11-13)18(10-6-9-17)15(19)12-16(2,3)20-4/h5,7-8,11H,6,9-10,12,17H2,1-4H3. The zero-order chi connectivity index (χ0) is 15.2. The minimum Gasteiger partial charge on any atom is -0.378 e. The van der Waals surface area contributed by atoms with E-state index in [1.807, 2.05) is 45.0 Å². The quantitative estimate of drug-likeness (QED) is 0.833. The summed E-state index contributed by atoms with van der Waals surface area (Å²) in [6.07, 6.45) is 1.13. The lowest BCUT2D eigenvalue weighted by molar-refractivity contribution is -0.123. The number of aryl methyl sites for hydroxylation is 1. The van der Waals surface area contributed by atoms with Gasteiger partial charge in [-0.2, -0.15) is 0 Å². The Kier molecular flexibility index (Phi) is 6.17. The Balaban J connectivity index is 2.91. The number of methoxy groups -OCH3 is 1. The number of anilines is 1. The summed E-state index contributed by atoms with van der Waals surface area (Å²) < 4.78 is 5.35. The van der Waals surface area contributed by atoms with Crippen LogP contribution in [0.4, 0.5) is 5.69 Å². The third kappa shape index (κ3) is 4.94. The van der Waals surface area contributed by atoms with Crippen molar-refractivity contribution in [1.29, 1.82) is 0 Å². The van der Waals surface area contributed by atoms with E-state index in [2.05, 4.69) is 0 Å². The van der Waals surface area contributed by atoms with Crippen molar-refractivity contribution in [3.05, 3.63) is 29.8 Å². The second kappa shape index (κ2) is 7.41. The summed E-state index contributed by atoms with van der Waals surface area (Å²) in [5, 5.41) is 0. The maximum absolute atomic E-state index is 12.5. The molecule has 0 saturated carbocycles. The van der Waals surface area contributed by atoms with Crippen molar-refractivity contribution in [1.82, 2.24) is 0 Å². The molecule has 0 atom stereocenters. The average Bonchev–Trinajstić information content (AvgIpc) is 2.39. The highest BCUT2D eigenvalue weighted by Crippen LogP contribution is 2.21. The molecular weight excluding hydrogens is 252 g/mol. The predicted molar refractivity (Wildman–Crippen MR) is 82.9 cm³/mol. The number of hydrogen-bond acceptors (Lipinski definition) is 3. The number of benzene rings is 1. The molecule has 0 aromatic heterocycles. The van der Waals surface area contributed by atoms with Crippen LogP contribution in [0.2, 0.25) is 0 Å². The van der Waals surface area contributed by atoms with Crippen molar-refractivity contribution in [2.75, 3.05) is 25.1 Å². The molecule has 0 spiro atoms. The van der Waals surface area contributed by atoms with Gasteiger partial charge >= 0.3 is 0 Å². The predicted octanol–water partition coefficient (Wildman–Crippen LogP) is 2.49. The molecule has 1 amide bonds. The van der Waals surface area contributed by atoms with Gasteiger partial charge in [-0.05, 0) is 51.4 Å². The molecule has 1 aromatic carbocycles. The van der Waals surface area contributed by atoms with Crippen molar-refractivity contribution >= 4 is 11.6 Å². The van der Waals surface area contributed by atoms with E-state index in [4.69, 9.17) is 10.5 Å². The van der Waals surface area contributed by atoms with Crippen LogP contribution in [0.3, 0.4) is 0 Å². The molecule has 4 heteroatoms. The number of rotatable bonds is 7. The van der Waals surface area contributed by atoms with Crippen molar-refractivity contribution in [2.24, 2.45) is 5.73 Å². The SMILES string of the molecule is COC(C)(C)CC(=O)N(CCCN)c1cccc(C)c1. The topological polar surface area (TPSA) is 55.6 Å². The number of nitrogens with two attached hydrogens (primary N) is 1. The molecule has 1 rings (SSSR count). The van der Waals surface area contributed by atoms with Gasteiger partial charge in [0.05, 0.1) is 12.0 Å². The molecule has 0 saturated heterocycles. The number of carbonyl (C=O) groups is 1. The van der Waals surface area contributed by atoms with Crippen LogP contribution in [0.5, 0.6) is 0 Å². The number of ether oxygens (including phenoxy) is 1. The summed E-state index contributed by atoms with van der Waals surface area (Å²) in [5.74, 6) is 0.0656. The van der Waals surface area contributed by atoms with Crippen LogP contribution >= 0.6 is 0 Å². The van der Waals surface area contributed by atoms with Gasteiger partial charge in [0.15, 0.2) is 0 Å². The minimum atomic E-state index is -0.456. The zero-order valence-electron chi connectivity index (χ0n) is 13.0. The molecule has 0 bridgehead atoms. The molecule has 0 aliphatic rings. The van der Waals surface area contributed by atoms with Gasteiger partial charge in [-0.15, -0.1) is 0 Å². The van der Waals surface area contributed by atoms with E-state index in [-0.39, 0.29) is 5.91 Å². The van der Waals surface area contributed by atoms with Crippen LogP contribution in [-0.4, -0.2) is 31.7 Å². The van der Waals surface area contributed by atoms with E-state index in [1.165, 1.54) is 0 Å². The second-order valence-corrected chi connectivity index (χ2v) is 5.67. The summed E-state index contributed by atoms with van der Waals surface area (Å²) in [5.41, 5.74) is 7.18. The minimum absolute atomic E-state index is 0.0656. The molecule has 2 N–H and O–H groups in total. The van der Waals surface area contributed by atoms with Gasteiger partial charge in [0.25, 0.3) is 0 Å².